The molecule has 0 aromatic carbocycles. The van der Waals surface area contributed by atoms with Crippen molar-refractivity contribution in [1.29, 1.82) is 0 Å². The van der Waals surface area contributed by atoms with Gasteiger partial charge in [0.25, 0.3) is 0 Å². The first-order chi connectivity index (χ1) is 3.27. The third-order valence-electron chi connectivity index (χ3n) is 0.319. The molecule has 2 N–H and O–H groups in total. The topological polar surface area (TPSA) is 52.3 Å². The lowest BCUT2D eigenvalue weighted by Gasteiger charge is -1.88. The van der Waals surface area contributed by atoms with E-state index in [9.17, 15) is 4.79 Å². The molecular formula is C3H8BrNO2S. The molecule has 0 heterocycles. The van der Waals surface area contributed by atoms with Gasteiger partial charge in [-0.1, -0.05) is 0 Å². The molecule has 0 rings (SSSR count). The van der Waals surface area contributed by atoms with Crippen LogP contribution in [0.25, 0.3) is 0 Å². The van der Waals surface area contributed by atoms with Crippen molar-refractivity contribution in [2.75, 3.05) is 12.9 Å². The normalized spacial score (nSPS) is 7.62. The predicted molar refractivity (Wildman–Crippen MR) is 39.0 cm³/mol. The van der Waals surface area contributed by atoms with E-state index in [2.05, 4.69) is 4.18 Å². The maximum Gasteiger partial charge on any atom is 0.229 e. The highest BCUT2D eigenvalue weighted by Gasteiger charge is 1.89. The van der Waals surface area contributed by atoms with Crippen LogP contribution in [0.4, 0.5) is 0 Å². The lowest BCUT2D eigenvalue weighted by atomic mass is 10.8. The smallest absolute Gasteiger partial charge is 0.229 e. The number of nitrogens with two attached hydrogens (primary N) is 1. The molecule has 0 aliphatic carbocycles. The quantitative estimate of drug-likeness (QED) is 0.671. The van der Waals surface area contributed by atoms with Gasteiger partial charge < -0.3 is 9.92 Å². The largest absolute Gasteiger partial charge is 0.369 e. The minimum atomic E-state index is -0.355. The summed E-state index contributed by atoms with van der Waals surface area (Å²) in [6.07, 6.45) is 0. The van der Waals surface area contributed by atoms with Crippen molar-refractivity contribution >= 4 is 34.9 Å². The van der Waals surface area contributed by atoms with Crippen molar-refractivity contribution in [3.8, 4) is 0 Å². The summed E-state index contributed by atoms with van der Waals surface area (Å²) < 4.78 is 4.47. The fourth-order valence-electron chi connectivity index (χ4n) is 0.117. The molecule has 0 radical (unpaired) electrons. The van der Waals surface area contributed by atoms with E-state index >= 15 is 0 Å². The Morgan fingerprint density at radius 2 is 2.38 bits per heavy atom. The summed E-state index contributed by atoms with van der Waals surface area (Å²) in [5.74, 6) is -0.122. The van der Waals surface area contributed by atoms with Crippen LogP contribution < -0.4 is 5.73 Å². The molecule has 1 amide bonds. The van der Waals surface area contributed by atoms with Crippen molar-refractivity contribution < 1.29 is 8.98 Å². The minimum Gasteiger partial charge on any atom is -0.369 e. The first-order valence-electron chi connectivity index (χ1n) is 1.71. The number of primary amides is 1. The molecule has 5 heteroatoms. The highest BCUT2D eigenvalue weighted by atomic mass is 79.9. The lowest BCUT2D eigenvalue weighted by Crippen LogP contribution is -2.12. The Labute approximate surface area is 62.9 Å². The fourth-order valence-corrected chi connectivity index (χ4v) is 0.351. The van der Waals surface area contributed by atoms with Gasteiger partial charge in [-0.15, -0.1) is 17.0 Å². The Hall–Kier alpha value is 0.260. The summed E-state index contributed by atoms with van der Waals surface area (Å²) in [7, 11) is 1.49. The average Bonchev–Trinajstić information content (AvgIpc) is 1.61. The number of hydrogen-bond acceptors (Lipinski definition) is 3. The third-order valence-corrected chi connectivity index (χ3v) is 0.957. The van der Waals surface area contributed by atoms with Crippen LogP contribution in [0.1, 0.15) is 0 Å². The van der Waals surface area contributed by atoms with Gasteiger partial charge in [0, 0.05) is 12.0 Å². The van der Waals surface area contributed by atoms with Crippen LogP contribution in [0.2, 0.25) is 0 Å². The SMILES string of the molecule is Br.COSCC(N)=O. The van der Waals surface area contributed by atoms with Gasteiger partial charge in [0.15, 0.2) is 0 Å². The Morgan fingerprint density at radius 3 is 2.50 bits per heavy atom. The Morgan fingerprint density at radius 1 is 1.88 bits per heavy atom. The molecular weight excluding hydrogens is 194 g/mol. The Balaban J connectivity index is 0. The minimum absolute atomic E-state index is 0. The zero-order valence-electron chi connectivity index (χ0n) is 4.42. The van der Waals surface area contributed by atoms with Gasteiger partial charge in [0.05, 0.1) is 12.9 Å². The molecule has 0 saturated heterocycles. The first kappa shape index (κ1) is 11.1. The van der Waals surface area contributed by atoms with Crippen molar-refractivity contribution in [3.05, 3.63) is 0 Å². The van der Waals surface area contributed by atoms with Crippen molar-refractivity contribution in [3.63, 3.8) is 0 Å². The molecule has 0 aromatic rings. The first-order valence-corrected chi connectivity index (χ1v) is 2.62. The molecule has 0 aliphatic rings. The standard InChI is InChI=1S/C3H7NO2S.BrH/c1-6-7-2-3(4)5;/h2H2,1H3,(H2,4,5);1H. The summed E-state index contributed by atoms with van der Waals surface area (Å²) in [6.45, 7) is 0. The van der Waals surface area contributed by atoms with E-state index in [4.69, 9.17) is 5.73 Å². The second kappa shape index (κ2) is 7.26. The lowest BCUT2D eigenvalue weighted by molar-refractivity contribution is -0.115. The molecule has 0 spiro atoms. The van der Waals surface area contributed by atoms with E-state index in [0.29, 0.717) is 0 Å². The van der Waals surface area contributed by atoms with Gasteiger partial charge in [0.1, 0.15) is 0 Å². The molecule has 0 unspecified atom stereocenters. The molecule has 0 atom stereocenters. The molecule has 0 saturated carbocycles. The van der Waals surface area contributed by atoms with E-state index < -0.39 is 0 Å². The van der Waals surface area contributed by atoms with Crippen LogP contribution in [0.15, 0.2) is 0 Å². The summed E-state index contributed by atoms with van der Waals surface area (Å²) in [5, 5.41) is 0. The van der Waals surface area contributed by atoms with Crippen LogP contribution in [0, 0.1) is 0 Å². The molecule has 0 aromatic heterocycles. The maximum absolute atomic E-state index is 9.88. The molecule has 0 aliphatic heterocycles. The van der Waals surface area contributed by atoms with E-state index in [-0.39, 0.29) is 28.6 Å². The van der Waals surface area contributed by atoms with Gasteiger partial charge in [-0.3, -0.25) is 4.79 Å². The van der Waals surface area contributed by atoms with Crippen molar-refractivity contribution in [1.82, 2.24) is 0 Å². The van der Waals surface area contributed by atoms with Crippen LogP contribution >= 0.6 is 29.0 Å². The zero-order valence-corrected chi connectivity index (χ0v) is 6.95. The molecule has 3 nitrogen and oxygen atoms in total. The van der Waals surface area contributed by atoms with E-state index in [1.807, 2.05) is 0 Å². The summed E-state index contributed by atoms with van der Waals surface area (Å²) >= 11 is 1.04. The number of carbonyl (C=O) groups excluding carboxylic acids is 1. The van der Waals surface area contributed by atoms with E-state index in [1.165, 1.54) is 7.11 Å². The number of hydrogen-bond donors (Lipinski definition) is 1. The van der Waals surface area contributed by atoms with Crippen molar-refractivity contribution in [2.45, 2.75) is 0 Å². The van der Waals surface area contributed by atoms with Gasteiger partial charge in [-0.25, -0.2) is 0 Å². The van der Waals surface area contributed by atoms with E-state index in [1.54, 1.807) is 0 Å². The zero-order chi connectivity index (χ0) is 5.70. The number of amides is 1. The van der Waals surface area contributed by atoms with Gasteiger partial charge in [-0.05, 0) is 0 Å². The number of halogens is 1. The molecule has 0 fully saturated rings. The molecule has 0 bridgehead atoms. The fraction of sp³-hybridized carbons (Fsp3) is 0.667. The van der Waals surface area contributed by atoms with Gasteiger partial charge in [-0.2, -0.15) is 0 Å². The van der Waals surface area contributed by atoms with Crippen LogP contribution in [0.3, 0.4) is 0 Å². The monoisotopic (exact) mass is 201 g/mol. The predicted octanol–water partition coefficient (Wildman–Crippen LogP) is 0.344. The Bertz CT molecular complexity index is 70.3. The summed E-state index contributed by atoms with van der Waals surface area (Å²) in [6, 6.07) is 0. The number of rotatable bonds is 3. The Kier molecular flexibility index (Phi) is 10.1. The number of carbonyl (C=O) groups is 1. The second-order valence-electron chi connectivity index (χ2n) is 0.895. The second-order valence-corrected chi connectivity index (χ2v) is 1.75. The van der Waals surface area contributed by atoms with Crippen molar-refractivity contribution in [2.24, 2.45) is 5.73 Å². The highest BCUT2D eigenvalue weighted by Crippen LogP contribution is 1.95. The van der Waals surface area contributed by atoms with E-state index in [0.717, 1.165) is 12.0 Å². The van der Waals surface area contributed by atoms with Gasteiger partial charge in [0.2, 0.25) is 5.91 Å². The van der Waals surface area contributed by atoms with Gasteiger partial charge >= 0.3 is 0 Å². The van der Waals surface area contributed by atoms with Crippen LogP contribution in [0.5, 0.6) is 0 Å². The average molecular weight is 202 g/mol. The van der Waals surface area contributed by atoms with Crippen LogP contribution in [-0.4, -0.2) is 18.8 Å². The highest BCUT2D eigenvalue weighted by molar-refractivity contribution is 8.93. The third kappa shape index (κ3) is 9.54. The molecule has 50 valence electrons. The summed E-state index contributed by atoms with van der Waals surface area (Å²) in [5.41, 5.74) is 4.74. The summed E-state index contributed by atoms with van der Waals surface area (Å²) in [4.78, 5) is 9.88. The molecule has 8 heavy (non-hydrogen) atoms. The maximum atomic E-state index is 9.88. The van der Waals surface area contributed by atoms with Crippen LogP contribution in [-0.2, 0) is 8.98 Å².